The number of aryl methyl sites for hydroxylation is 1. The fourth-order valence-corrected chi connectivity index (χ4v) is 3.24. The van der Waals surface area contributed by atoms with Crippen molar-refractivity contribution in [2.45, 2.75) is 13.5 Å². The van der Waals surface area contributed by atoms with E-state index in [0.717, 1.165) is 32.9 Å². The first-order valence-electron chi connectivity index (χ1n) is 7.63. The summed E-state index contributed by atoms with van der Waals surface area (Å²) in [4.78, 5) is 28.2. The molecule has 6 nitrogen and oxygen atoms in total. The first-order chi connectivity index (χ1) is 11.6. The second-order valence-electron chi connectivity index (χ2n) is 5.90. The van der Waals surface area contributed by atoms with Crippen LogP contribution in [0.2, 0.25) is 0 Å². The highest BCUT2D eigenvalue weighted by atomic mass is 16.2. The van der Waals surface area contributed by atoms with Gasteiger partial charge < -0.3 is 4.98 Å². The maximum Gasteiger partial charge on any atom is 0.259 e. The number of amides is 1. The molecule has 0 bridgehead atoms. The predicted molar refractivity (Wildman–Crippen MR) is 94.6 cm³/mol. The molecule has 0 aliphatic heterocycles. The Labute approximate surface area is 136 Å². The highest BCUT2D eigenvalue weighted by Gasteiger charge is 2.17. The Morgan fingerprint density at radius 1 is 1.17 bits per heavy atom. The number of aromatic nitrogens is 2. The summed E-state index contributed by atoms with van der Waals surface area (Å²) in [6.45, 7) is 1.87. The summed E-state index contributed by atoms with van der Waals surface area (Å²) in [7, 11) is 0. The van der Waals surface area contributed by atoms with E-state index in [1.165, 1.54) is 4.57 Å². The number of aromatic amines is 1. The van der Waals surface area contributed by atoms with E-state index < -0.39 is 5.91 Å². The molecule has 4 aromatic rings. The molecule has 24 heavy (non-hydrogen) atoms. The van der Waals surface area contributed by atoms with E-state index in [-0.39, 0.29) is 12.1 Å². The van der Waals surface area contributed by atoms with Crippen molar-refractivity contribution in [3.05, 3.63) is 58.4 Å². The number of rotatable bonds is 2. The normalized spacial score (nSPS) is 11.4. The van der Waals surface area contributed by atoms with E-state index in [2.05, 4.69) is 10.4 Å². The minimum Gasteiger partial charge on any atom is -0.353 e. The highest BCUT2D eigenvalue weighted by Crippen LogP contribution is 2.30. The number of pyridine rings is 1. The van der Waals surface area contributed by atoms with Crippen molar-refractivity contribution < 1.29 is 4.79 Å². The Morgan fingerprint density at radius 3 is 2.67 bits per heavy atom. The Bertz CT molecular complexity index is 1170. The first kappa shape index (κ1) is 14.5. The van der Waals surface area contributed by atoms with E-state index >= 15 is 0 Å². The van der Waals surface area contributed by atoms with E-state index in [0.29, 0.717) is 5.39 Å². The van der Waals surface area contributed by atoms with Gasteiger partial charge in [-0.15, -0.1) is 0 Å². The number of fused-ring (bicyclic) bond motifs is 5. The monoisotopic (exact) mass is 320 g/mol. The van der Waals surface area contributed by atoms with Crippen molar-refractivity contribution in [1.29, 1.82) is 0 Å². The van der Waals surface area contributed by atoms with Crippen molar-refractivity contribution in [3.63, 3.8) is 0 Å². The number of H-pyrrole nitrogens is 1. The summed E-state index contributed by atoms with van der Waals surface area (Å²) >= 11 is 0. The van der Waals surface area contributed by atoms with Gasteiger partial charge in [0.2, 0.25) is 0 Å². The number of hydrogen-bond donors (Lipinski definition) is 3. The summed E-state index contributed by atoms with van der Waals surface area (Å²) in [5.74, 6) is 4.80. The van der Waals surface area contributed by atoms with Crippen molar-refractivity contribution in [2.75, 3.05) is 0 Å². The number of benzene rings is 2. The summed E-state index contributed by atoms with van der Waals surface area (Å²) in [6.07, 6.45) is 0. The molecule has 0 aliphatic rings. The van der Waals surface area contributed by atoms with Gasteiger partial charge in [0, 0.05) is 21.7 Å². The van der Waals surface area contributed by atoms with Gasteiger partial charge in [0.15, 0.2) is 0 Å². The molecule has 2 heterocycles. The van der Waals surface area contributed by atoms with Gasteiger partial charge in [-0.2, -0.15) is 0 Å². The van der Waals surface area contributed by atoms with Gasteiger partial charge in [0.25, 0.3) is 11.5 Å². The Morgan fingerprint density at radius 2 is 1.92 bits per heavy atom. The molecule has 0 spiro atoms. The SMILES string of the molecule is Cc1ccc2[nH]c3c4ccccc4c(=O)n(CC(=O)NN)c3c2c1. The number of nitrogens with one attached hydrogen (secondary N) is 2. The van der Waals surface area contributed by atoms with Gasteiger partial charge in [-0.05, 0) is 25.1 Å². The third-order valence-corrected chi connectivity index (χ3v) is 4.33. The van der Waals surface area contributed by atoms with Gasteiger partial charge in [-0.3, -0.25) is 19.6 Å². The van der Waals surface area contributed by atoms with Crippen molar-refractivity contribution in [2.24, 2.45) is 5.84 Å². The van der Waals surface area contributed by atoms with E-state index in [1.807, 2.05) is 43.3 Å². The van der Waals surface area contributed by atoms with Gasteiger partial charge in [-0.25, -0.2) is 5.84 Å². The zero-order valence-electron chi connectivity index (χ0n) is 13.1. The molecule has 0 atom stereocenters. The molecule has 0 aliphatic carbocycles. The van der Waals surface area contributed by atoms with E-state index in [1.54, 1.807) is 6.07 Å². The first-order valence-corrected chi connectivity index (χ1v) is 7.63. The molecule has 120 valence electrons. The van der Waals surface area contributed by atoms with Gasteiger partial charge >= 0.3 is 0 Å². The van der Waals surface area contributed by atoms with Crippen LogP contribution in [-0.2, 0) is 11.3 Å². The number of carbonyl (C=O) groups is 1. The summed E-state index contributed by atoms with van der Waals surface area (Å²) in [6, 6.07) is 13.4. The fourth-order valence-electron chi connectivity index (χ4n) is 3.24. The smallest absolute Gasteiger partial charge is 0.259 e. The number of carbonyl (C=O) groups excluding carboxylic acids is 1. The predicted octanol–water partition coefficient (Wildman–Crippen LogP) is 1.93. The van der Waals surface area contributed by atoms with Crippen LogP contribution in [0, 0.1) is 6.92 Å². The lowest BCUT2D eigenvalue weighted by Gasteiger charge is -2.10. The quantitative estimate of drug-likeness (QED) is 0.299. The average molecular weight is 320 g/mol. The summed E-state index contributed by atoms with van der Waals surface area (Å²) in [5, 5.41) is 2.33. The summed E-state index contributed by atoms with van der Waals surface area (Å²) < 4.78 is 1.48. The number of hydrazine groups is 1. The Balaban J connectivity index is 2.25. The molecular weight excluding hydrogens is 304 g/mol. The van der Waals surface area contributed by atoms with Crippen LogP contribution in [0.3, 0.4) is 0 Å². The van der Waals surface area contributed by atoms with Gasteiger partial charge in [0.1, 0.15) is 6.54 Å². The molecule has 2 aromatic heterocycles. The third kappa shape index (κ3) is 2.00. The molecule has 4 N–H and O–H groups in total. The highest BCUT2D eigenvalue weighted by molar-refractivity contribution is 6.15. The van der Waals surface area contributed by atoms with Crippen LogP contribution >= 0.6 is 0 Å². The fraction of sp³-hybridized carbons (Fsp3) is 0.111. The van der Waals surface area contributed by atoms with E-state index in [4.69, 9.17) is 5.84 Å². The van der Waals surface area contributed by atoms with Crippen molar-refractivity contribution >= 4 is 38.6 Å². The molecule has 0 radical (unpaired) electrons. The van der Waals surface area contributed by atoms with Crippen LogP contribution in [0.4, 0.5) is 0 Å². The van der Waals surface area contributed by atoms with Gasteiger partial charge in [-0.1, -0.05) is 29.8 Å². The topological polar surface area (TPSA) is 92.9 Å². The number of hydrogen-bond acceptors (Lipinski definition) is 3. The Kier molecular flexibility index (Phi) is 3.14. The molecule has 4 rings (SSSR count). The minimum atomic E-state index is -0.421. The molecule has 1 amide bonds. The zero-order chi connectivity index (χ0) is 16.8. The molecule has 0 saturated carbocycles. The van der Waals surface area contributed by atoms with Crippen LogP contribution in [0.15, 0.2) is 47.3 Å². The maximum atomic E-state index is 12.9. The lowest BCUT2D eigenvalue weighted by molar-refractivity contribution is -0.121. The van der Waals surface area contributed by atoms with E-state index in [9.17, 15) is 9.59 Å². The second kappa shape index (κ2) is 5.21. The molecule has 0 saturated heterocycles. The van der Waals surface area contributed by atoms with Crippen LogP contribution in [0.1, 0.15) is 5.56 Å². The lowest BCUT2D eigenvalue weighted by atomic mass is 10.1. The maximum absolute atomic E-state index is 12.9. The molecule has 2 aromatic carbocycles. The molecule has 0 fully saturated rings. The van der Waals surface area contributed by atoms with Crippen LogP contribution < -0.4 is 16.8 Å². The largest absolute Gasteiger partial charge is 0.353 e. The second-order valence-corrected chi connectivity index (χ2v) is 5.90. The zero-order valence-corrected chi connectivity index (χ0v) is 13.1. The van der Waals surface area contributed by atoms with Crippen molar-refractivity contribution in [1.82, 2.24) is 15.0 Å². The molecule has 0 unspecified atom stereocenters. The number of nitrogens with zero attached hydrogens (tertiary/aromatic N) is 1. The van der Waals surface area contributed by atoms with Gasteiger partial charge in [0.05, 0.1) is 11.0 Å². The molecule has 6 heteroatoms. The van der Waals surface area contributed by atoms with Crippen LogP contribution in [0.5, 0.6) is 0 Å². The minimum absolute atomic E-state index is 0.127. The van der Waals surface area contributed by atoms with Crippen LogP contribution in [0.25, 0.3) is 32.7 Å². The molecular formula is C18H16N4O2. The van der Waals surface area contributed by atoms with Crippen LogP contribution in [-0.4, -0.2) is 15.5 Å². The lowest BCUT2D eigenvalue weighted by Crippen LogP contribution is -2.36. The standard InChI is InChI=1S/C18H16N4O2/c1-10-6-7-14-13(8-10)17-16(20-14)11-4-2-3-5-12(11)18(24)22(17)9-15(23)21-19/h2-8,20H,9,19H2,1H3,(H,21,23). The average Bonchev–Trinajstić information content (AvgIpc) is 2.97. The Hall–Kier alpha value is -3.12. The number of nitrogens with two attached hydrogens (primary N) is 1. The van der Waals surface area contributed by atoms with Crippen molar-refractivity contribution in [3.8, 4) is 0 Å². The third-order valence-electron chi connectivity index (χ3n) is 4.33. The summed E-state index contributed by atoms with van der Waals surface area (Å²) in [5.41, 5.74) is 5.46.